The summed E-state index contributed by atoms with van der Waals surface area (Å²) >= 11 is 0. The molecule has 0 aliphatic carbocycles. The lowest BCUT2D eigenvalue weighted by Crippen LogP contribution is -2.53. The molecule has 4 aromatic rings. The van der Waals surface area contributed by atoms with Crippen molar-refractivity contribution in [1.82, 2.24) is 10.2 Å². The van der Waals surface area contributed by atoms with Gasteiger partial charge in [-0.2, -0.15) is 0 Å². The molecule has 0 radical (unpaired) electrons. The van der Waals surface area contributed by atoms with Crippen molar-refractivity contribution in [3.63, 3.8) is 0 Å². The summed E-state index contributed by atoms with van der Waals surface area (Å²) in [5, 5.41) is 3.01. The Morgan fingerprint density at radius 1 is 0.848 bits per heavy atom. The number of nitrogens with one attached hydrogen (secondary N) is 1. The highest BCUT2D eigenvalue weighted by Gasteiger charge is 2.35. The fraction of sp³-hybridized carbons (Fsp3) is 0.297. The van der Waals surface area contributed by atoms with Crippen molar-refractivity contribution in [2.45, 2.75) is 57.5 Å². The number of carbonyl (C=O) groups excluding carboxylic acids is 2. The number of methoxy groups -OCH3 is 1. The SMILES string of the molecule is CCCCNC(=O)C(Cc1ccccc1)N(Cc1cccc(OC)c1)C(=O)CN(c1ccc(C)cc1C)S(=O)(=O)c1ccccc1. The van der Waals surface area contributed by atoms with Gasteiger partial charge in [0.05, 0.1) is 17.7 Å². The van der Waals surface area contributed by atoms with Gasteiger partial charge in [0, 0.05) is 19.5 Å². The molecule has 0 bridgehead atoms. The Morgan fingerprint density at radius 3 is 2.17 bits per heavy atom. The van der Waals surface area contributed by atoms with E-state index < -0.39 is 28.5 Å². The quantitative estimate of drug-likeness (QED) is 0.159. The summed E-state index contributed by atoms with van der Waals surface area (Å²) in [5.74, 6) is -0.188. The Bertz CT molecular complexity index is 1710. The zero-order valence-corrected chi connectivity index (χ0v) is 27.8. The van der Waals surface area contributed by atoms with E-state index >= 15 is 0 Å². The molecule has 1 unspecified atom stereocenters. The molecule has 0 saturated heterocycles. The van der Waals surface area contributed by atoms with Crippen molar-refractivity contribution >= 4 is 27.5 Å². The van der Waals surface area contributed by atoms with E-state index in [1.54, 1.807) is 31.4 Å². The topological polar surface area (TPSA) is 96.0 Å². The van der Waals surface area contributed by atoms with Crippen molar-refractivity contribution in [2.75, 3.05) is 24.5 Å². The van der Waals surface area contributed by atoms with Crippen LogP contribution in [0.1, 0.15) is 42.0 Å². The molecular weight excluding hydrogens is 598 g/mol. The minimum atomic E-state index is -4.16. The Balaban J connectivity index is 1.81. The molecule has 2 amide bonds. The predicted octanol–water partition coefficient (Wildman–Crippen LogP) is 6.06. The number of amides is 2. The maximum Gasteiger partial charge on any atom is 0.264 e. The second-order valence-corrected chi connectivity index (χ2v) is 13.2. The van der Waals surface area contributed by atoms with Gasteiger partial charge in [-0.05, 0) is 67.3 Å². The zero-order chi connectivity index (χ0) is 33.1. The van der Waals surface area contributed by atoms with E-state index in [-0.39, 0.29) is 23.8 Å². The lowest BCUT2D eigenvalue weighted by Gasteiger charge is -2.34. The van der Waals surface area contributed by atoms with E-state index in [9.17, 15) is 18.0 Å². The normalized spacial score (nSPS) is 11.8. The van der Waals surface area contributed by atoms with Gasteiger partial charge in [0.2, 0.25) is 11.8 Å². The third-order valence-corrected chi connectivity index (χ3v) is 9.59. The van der Waals surface area contributed by atoms with Crippen LogP contribution in [0.3, 0.4) is 0 Å². The Kier molecular flexibility index (Phi) is 12.0. The minimum Gasteiger partial charge on any atom is -0.497 e. The first-order valence-corrected chi connectivity index (χ1v) is 17.0. The largest absolute Gasteiger partial charge is 0.497 e. The summed E-state index contributed by atoms with van der Waals surface area (Å²) in [6.45, 7) is 5.84. The molecular formula is C37H43N3O5S. The second-order valence-electron chi connectivity index (χ2n) is 11.3. The van der Waals surface area contributed by atoms with Crippen molar-refractivity contribution < 1.29 is 22.7 Å². The maximum atomic E-state index is 14.6. The maximum absolute atomic E-state index is 14.6. The summed E-state index contributed by atoms with van der Waals surface area (Å²) in [4.78, 5) is 30.1. The zero-order valence-electron chi connectivity index (χ0n) is 27.0. The van der Waals surface area contributed by atoms with Crippen LogP contribution in [0.2, 0.25) is 0 Å². The average Bonchev–Trinajstić information content (AvgIpc) is 3.06. The summed E-state index contributed by atoms with van der Waals surface area (Å²) in [5.41, 5.74) is 3.71. The van der Waals surface area contributed by atoms with Gasteiger partial charge in [-0.25, -0.2) is 8.42 Å². The molecule has 8 nitrogen and oxygen atoms in total. The fourth-order valence-electron chi connectivity index (χ4n) is 5.35. The average molecular weight is 642 g/mol. The molecule has 0 heterocycles. The number of anilines is 1. The van der Waals surface area contributed by atoms with Crippen LogP contribution in [0.25, 0.3) is 0 Å². The van der Waals surface area contributed by atoms with Crippen LogP contribution in [0.15, 0.2) is 108 Å². The van der Waals surface area contributed by atoms with Crippen LogP contribution in [0.4, 0.5) is 5.69 Å². The summed E-state index contributed by atoms with van der Waals surface area (Å²) < 4.78 is 35.0. The number of carbonyl (C=O) groups is 2. The molecule has 4 aromatic carbocycles. The molecule has 0 aromatic heterocycles. The predicted molar refractivity (Wildman–Crippen MR) is 182 cm³/mol. The number of hydrogen-bond donors (Lipinski definition) is 1. The van der Waals surface area contributed by atoms with E-state index in [1.165, 1.54) is 17.0 Å². The lowest BCUT2D eigenvalue weighted by atomic mass is 10.0. The minimum absolute atomic E-state index is 0.0697. The highest BCUT2D eigenvalue weighted by Crippen LogP contribution is 2.28. The number of ether oxygens (including phenoxy) is 1. The van der Waals surface area contributed by atoms with Gasteiger partial charge >= 0.3 is 0 Å². The van der Waals surface area contributed by atoms with Gasteiger partial charge < -0.3 is 15.0 Å². The third kappa shape index (κ3) is 8.75. The first-order valence-electron chi connectivity index (χ1n) is 15.5. The molecule has 1 N–H and O–H groups in total. The van der Waals surface area contributed by atoms with Gasteiger partial charge in [-0.3, -0.25) is 13.9 Å². The second kappa shape index (κ2) is 16.1. The first-order chi connectivity index (χ1) is 22.1. The summed E-state index contributed by atoms with van der Waals surface area (Å²) in [6, 6.07) is 29.5. The molecule has 0 fully saturated rings. The Hall–Kier alpha value is -4.63. The highest BCUT2D eigenvalue weighted by molar-refractivity contribution is 7.92. The van der Waals surface area contributed by atoms with Gasteiger partial charge in [-0.15, -0.1) is 0 Å². The van der Waals surface area contributed by atoms with Crippen LogP contribution in [0.5, 0.6) is 5.75 Å². The van der Waals surface area contributed by atoms with E-state index in [1.807, 2.05) is 87.5 Å². The standard InChI is InChI=1S/C37H43N3O5S/c1-5-6-22-38-37(42)35(25-30-14-9-7-10-15-30)39(26-31-16-13-17-32(24-31)45-4)36(41)27-40(34-21-20-28(2)23-29(34)3)46(43,44)33-18-11-8-12-19-33/h7-21,23-24,35H,5-6,22,25-27H2,1-4H3,(H,38,42). The number of unbranched alkanes of at least 4 members (excludes halogenated alkanes) is 1. The van der Waals surface area contributed by atoms with Gasteiger partial charge in [0.1, 0.15) is 18.3 Å². The molecule has 0 aliphatic heterocycles. The molecule has 0 aliphatic rings. The Labute approximate surface area is 273 Å². The number of benzene rings is 4. The van der Waals surface area contributed by atoms with Crippen molar-refractivity contribution in [3.8, 4) is 5.75 Å². The van der Waals surface area contributed by atoms with Crippen molar-refractivity contribution in [3.05, 3.63) is 125 Å². The highest BCUT2D eigenvalue weighted by atomic mass is 32.2. The van der Waals surface area contributed by atoms with Crippen LogP contribution in [0, 0.1) is 13.8 Å². The molecule has 4 rings (SSSR count). The van der Waals surface area contributed by atoms with Crippen molar-refractivity contribution in [1.29, 1.82) is 0 Å². The van der Waals surface area contributed by atoms with Gasteiger partial charge in [0.15, 0.2) is 0 Å². The number of sulfonamides is 1. The van der Waals surface area contributed by atoms with Gasteiger partial charge in [-0.1, -0.05) is 91.7 Å². The van der Waals surface area contributed by atoms with Crippen LogP contribution < -0.4 is 14.4 Å². The third-order valence-electron chi connectivity index (χ3n) is 7.82. The van der Waals surface area contributed by atoms with Gasteiger partial charge in [0.25, 0.3) is 10.0 Å². The fourth-order valence-corrected chi connectivity index (χ4v) is 6.85. The number of aryl methyl sites for hydroxylation is 2. The van der Waals surface area contributed by atoms with Crippen LogP contribution >= 0.6 is 0 Å². The molecule has 242 valence electrons. The molecule has 46 heavy (non-hydrogen) atoms. The number of hydrogen-bond acceptors (Lipinski definition) is 5. The number of nitrogens with zero attached hydrogens (tertiary/aromatic N) is 2. The molecule has 1 atom stereocenters. The smallest absolute Gasteiger partial charge is 0.264 e. The van der Waals surface area contributed by atoms with Crippen LogP contribution in [-0.2, 0) is 32.6 Å². The van der Waals surface area contributed by atoms with Crippen LogP contribution in [-0.4, -0.2) is 51.4 Å². The van der Waals surface area contributed by atoms with E-state index in [0.29, 0.717) is 23.5 Å². The molecule has 9 heteroatoms. The lowest BCUT2D eigenvalue weighted by molar-refractivity contribution is -0.140. The molecule has 0 spiro atoms. The number of rotatable bonds is 15. The van der Waals surface area contributed by atoms with E-state index in [4.69, 9.17) is 4.74 Å². The molecule has 0 saturated carbocycles. The summed E-state index contributed by atoms with van der Waals surface area (Å²) in [6.07, 6.45) is 1.95. The Morgan fingerprint density at radius 2 is 1.52 bits per heavy atom. The first kappa shape index (κ1) is 34.2. The van der Waals surface area contributed by atoms with E-state index in [2.05, 4.69) is 5.32 Å². The summed E-state index contributed by atoms with van der Waals surface area (Å²) in [7, 11) is -2.59. The van der Waals surface area contributed by atoms with E-state index in [0.717, 1.165) is 33.8 Å². The monoisotopic (exact) mass is 641 g/mol. The van der Waals surface area contributed by atoms with Crippen molar-refractivity contribution in [2.24, 2.45) is 0 Å².